The molecule has 0 amide bonds. The molecule has 4 nitrogen and oxygen atoms in total. The number of carboxylic acid groups (broad SMARTS) is 1. The lowest BCUT2D eigenvalue weighted by Crippen LogP contribution is -2.35. The molecule has 1 saturated heterocycles. The van der Waals surface area contributed by atoms with Crippen molar-refractivity contribution in [2.24, 2.45) is 5.92 Å². The Kier molecular flexibility index (Phi) is 2.90. The molecule has 1 aliphatic heterocycles. The molecule has 0 aliphatic carbocycles. The summed E-state index contributed by atoms with van der Waals surface area (Å²) >= 11 is 0. The van der Waals surface area contributed by atoms with Crippen LogP contribution in [0.4, 0.5) is 4.39 Å². The van der Waals surface area contributed by atoms with Crippen molar-refractivity contribution in [1.82, 2.24) is 0 Å². The van der Waals surface area contributed by atoms with Gasteiger partial charge in [-0.25, -0.2) is 12.8 Å². The van der Waals surface area contributed by atoms with E-state index in [0.29, 0.717) is 0 Å². The lowest BCUT2D eigenvalue weighted by atomic mass is 9.97. The number of carbonyl (C=O) groups is 1. The second-order valence-corrected chi connectivity index (χ2v) is 5.51. The van der Waals surface area contributed by atoms with E-state index in [2.05, 4.69) is 0 Å². The van der Waals surface area contributed by atoms with Crippen LogP contribution in [0.2, 0.25) is 0 Å². The van der Waals surface area contributed by atoms with E-state index < -0.39 is 33.6 Å². The molecule has 6 heteroatoms. The first-order chi connectivity index (χ1) is 5.91. The van der Waals surface area contributed by atoms with Gasteiger partial charge in [0.05, 0.1) is 17.9 Å². The first-order valence-corrected chi connectivity index (χ1v) is 5.79. The first-order valence-electron chi connectivity index (χ1n) is 3.97. The lowest BCUT2D eigenvalue weighted by molar-refractivity contribution is -0.138. The fourth-order valence-corrected chi connectivity index (χ4v) is 3.01. The standard InChI is InChI=1S/C7H11FO4S/c8-6-4-13(11,12)2-1-5(6)3-7(9)10/h5-6H,1-4H2,(H,9,10). The zero-order valence-electron chi connectivity index (χ0n) is 6.94. The number of aliphatic carboxylic acids is 1. The predicted octanol–water partition coefficient (Wildman–Crippen LogP) is 0.234. The zero-order chi connectivity index (χ0) is 10.1. The van der Waals surface area contributed by atoms with Gasteiger partial charge in [-0.3, -0.25) is 4.79 Å². The van der Waals surface area contributed by atoms with Crippen LogP contribution < -0.4 is 0 Å². The van der Waals surface area contributed by atoms with Crippen LogP contribution in [0.3, 0.4) is 0 Å². The minimum absolute atomic E-state index is 0.0919. The smallest absolute Gasteiger partial charge is 0.303 e. The normalized spacial score (nSPS) is 32.7. The van der Waals surface area contributed by atoms with E-state index in [9.17, 15) is 17.6 Å². The number of hydrogen-bond acceptors (Lipinski definition) is 3. The van der Waals surface area contributed by atoms with E-state index in [0.717, 1.165) is 0 Å². The van der Waals surface area contributed by atoms with Crippen LogP contribution in [-0.2, 0) is 14.6 Å². The minimum Gasteiger partial charge on any atom is -0.481 e. The van der Waals surface area contributed by atoms with Crippen molar-refractivity contribution in [3.63, 3.8) is 0 Å². The predicted molar refractivity (Wildman–Crippen MR) is 43.9 cm³/mol. The Morgan fingerprint density at radius 1 is 1.54 bits per heavy atom. The molecule has 0 saturated carbocycles. The second kappa shape index (κ2) is 3.61. The lowest BCUT2D eigenvalue weighted by Gasteiger charge is -2.24. The van der Waals surface area contributed by atoms with Crippen LogP contribution in [-0.4, -0.2) is 37.2 Å². The Hall–Kier alpha value is -0.650. The van der Waals surface area contributed by atoms with Crippen molar-refractivity contribution in [2.75, 3.05) is 11.5 Å². The molecule has 0 bridgehead atoms. The van der Waals surface area contributed by atoms with Crippen LogP contribution >= 0.6 is 0 Å². The molecule has 2 atom stereocenters. The fraction of sp³-hybridized carbons (Fsp3) is 0.857. The Morgan fingerprint density at radius 3 is 2.62 bits per heavy atom. The van der Waals surface area contributed by atoms with E-state index in [1.165, 1.54) is 0 Å². The summed E-state index contributed by atoms with van der Waals surface area (Å²) in [5, 5.41) is 8.40. The first kappa shape index (κ1) is 10.4. The molecular formula is C7H11FO4S. The van der Waals surface area contributed by atoms with Gasteiger partial charge in [-0.15, -0.1) is 0 Å². The van der Waals surface area contributed by atoms with Crippen LogP contribution in [0.1, 0.15) is 12.8 Å². The van der Waals surface area contributed by atoms with Crippen molar-refractivity contribution >= 4 is 15.8 Å². The summed E-state index contributed by atoms with van der Waals surface area (Å²) in [6, 6.07) is 0. The molecule has 0 spiro atoms. The van der Waals surface area contributed by atoms with E-state index >= 15 is 0 Å². The quantitative estimate of drug-likeness (QED) is 0.708. The number of hydrogen-bond donors (Lipinski definition) is 1. The number of sulfone groups is 1. The van der Waals surface area contributed by atoms with Gasteiger partial charge in [0.15, 0.2) is 9.84 Å². The second-order valence-electron chi connectivity index (χ2n) is 3.28. The molecule has 0 aromatic rings. The minimum atomic E-state index is -3.27. The Labute approximate surface area is 75.7 Å². The molecule has 1 N–H and O–H groups in total. The third-order valence-electron chi connectivity index (χ3n) is 2.16. The SMILES string of the molecule is O=C(O)CC1CCS(=O)(=O)CC1F. The van der Waals surface area contributed by atoms with Crippen molar-refractivity contribution in [3.05, 3.63) is 0 Å². The summed E-state index contributed by atoms with van der Waals surface area (Å²) < 4.78 is 34.9. The van der Waals surface area contributed by atoms with Gasteiger partial charge in [0.2, 0.25) is 0 Å². The van der Waals surface area contributed by atoms with E-state index in [1.54, 1.807) is 0 Å². The van der Waals surface area contributed by atoms with Gasteiger partial charge >= 0.3 is 5.97 Å². The molecule has 0 aromatic carbocycles. The summed E-state index contributed by atoms with van der Waals surface area (Å²) in [5.74, 6) is -2.33. The molecule has 1 fully saturated rings. The molecule has 0 aromatic heterocycles. The highest BCUT2D eigenvalue weighted by molar-refractivity contribution is 7.91. The van der Waals surface area contributed by atoms with Crippen molar-refractivity contribution in [3.8, 4) is 0 Å². The van der Waals surface area contributed by atoms with Gasteiger partial charge in [0.25, 0.3) is 0 Å². The van der Waals surface area contributed by atoms with Gasteiger partial charge < -0.3 is 5.11 Å². The van der Waals surface area contributed by atoms with Gasteiger partial charge in [-0.2, -0.15) is 0 Å². The average molecular weight is 210 g/mol. The highest BCUT2D eigenvalue weighted by atomic mass is 32.2. The topological polar surface area (TPSA) is 71.4 Å². The number of alkyl halides is 1. The number of carboxylic acids is 1. The summed E-state index contributed by atoms with van der Waals surface area (Å²) in [6.07, 6.45) is -1.68. The highest BCUT2D eigenvalue weighted by Crippen LogP contribution is 2.24. The monoisotopic (exact) mass is 210 g/mol. The summed E-state index contributed by atoms with van der Waals surface area (Å²) in [6.45, 7) is 0. The largest absolute Gasteiger partial charge is 0.481 e. The summed E-state index contributed by atoms with van der Waals surface area (Å²) in [4.78, 5) is 10.3. The summed E-state index contributed by atoms with van der Waals surface area (Å²) in [7, 11) is -3.27. The van der Waals surface area contributed by atoms with Crippen LogP contribution in [0.15, 0.2) is 0 Å². The van der Waals surface area contributed by atoms with Crippen molar-refractivity contribution in [1.29, 1.82) is 0 Å². The molecule has 13 heavy (non-hydrogen) atoms. The molecule has 0 radical (unpaired) electrons. The average Bonchev–Trinajstić information content (AvgIpc) is 1.93. The van der Waals surface area contributed by atoms with E-state index in [4.69, 9.17) is 5.11 Å². The molecule has 1 heterocycles. The van der Waals surface area contributed by atoms with Crippen LogP contribution in [0.25, 0.3) is 0 Å². The zero-order valence-corrected chi connectivity index (χ0v) is 7.76. The van der Waals surface area contributed by atoms with Crippen LogP contribution in [0, 0.1) is 5.92 Å². The Morgan fingerprint density at radius 2 is 2.15 bits per heavy atom. The van der Waals surface area contributed by atoms with Crippen LogP contribution in [0.5, 0.6) is 0 Å². The third kappa shape index (κ3) is 2.95. The Balaban J connectivity index is 2.59. The number of rotatable bonds is 2. The summed E-state index contributed by atoms with van der Waals surface area (Å²) in [5.41, 5.74) is 0. The molecule has 1 rings (SSSR count). The maximum absolute atomic E-state index is 13.1. The van der Waals surface area contributed by atoms with E-state index in [1.807, 2.05) is 0 Å². The maximum Gasteiger partial charge on any atom is 0.303 e. The molecule has 76 valence electrons. The molecule has 2 unspecified atom stereocenters. The van der Waals surface area contributed by atoms with Gasteiger partial charge in [-0.05, 0) is 6.42 Å². The number of halogens is 1. The van der Waals surface area contributed by atoms with Crippen molar-refractivity contribution in [2.45, 2.75) is 19.0 Å². The van der Waals surface area contributed by atoms with Gasteiger partial charge in [0, 0.05) is 5.92 Å². The maximum atomic E-state index is 13.1. The van der Waals surface area contributed by atoms with Gasteiger partial charge in [0.1, 0.15) is 6.17 Å². The van der Waals surface area contributed by atoms with Crippen molar-refractivity contribution < 1.29 is 22.7 Å². The van der Waals surface area contributed by atoms with E-state index in [-0.39, 0.29) is 18.6 Å². The highest BCUT2D eigenvalue weighted by Gasteiger charge is 2.34. The Bertz CT molecular complexity index is 298. The molecule has 1 aliphatic rings. The fourth-order valence-electron chi connectivity index (χ4n) is 1.43. The third-order valence-corrected chi connectivity index (χ3v) is 3.85. The molecular weight excluding hydrogens is 199 g/mol. The van der Waals surface area contributed by atoms with Gasteiger partial charge in [-0.1, -0.05) is 0 Å².